The molecule has 0 aromatic heterocycles. The fourth-order valence-electron chi connectivity index (χ4n) is 0.306. The van der Waals surface area contributed by atoms with Crippen molar-refractivity contribution in [2.45, 2.75) is 27.2 Å². The quantitative estimate of drug-likeness (QED) is 0.594. The van der Waals surface area contributed by atoms with Crippen LogP contribution >= 0.6 is 0 Å². The van der Waals surface area contributed by atoms with Gasteiger partial charge in [-0.1, -0.05) is 0 Å². The Morgan fingerprint density at radius 2 is 2.14 bits per heavy atom. The molecule has 1 unspecified atom stereocenters. The molecule has 0 heterocycles. The van der Waals surface area contributed by atoms with Gasteiger partial charge < -0.3 is 0 Å². The first-order valence-corrected chi connectivity index (χ1v) is 4.16. The van der Waals surface area contributed by atoms with E-state index in [1.807, 2.05) is 0 Å². The molecule has 0 aliphatic heterocycles. The summed E-state index contributed by atoms with van der Waals surface area (Å²) in [4.78, 5) is 0. The zero-order valence-corrected chi connectivity index (χ0v) is 8.14. The van der Waals surface area contributed by atoms with Crippen LogP contribution in [0, 0.1) is 5.92 Å². The van der Waals surface area contributed by atoms with Gasteiger partial charge in [-0.05, 0) is 0 Å². The summed E-state index contributed by atoms with van der Waals surface area (Å²) in [6.07, 6.45) is 1.30. The Morgan fingerprint density at radius 3 is 2.14 bits per heavy atom. The minimum atomic E-state index is 0.859. The van der Waals surface area contributed by atoms with Crippen molar-refractivity contribution in [1.29, 1.82) is 0 Å². The molecule has 0 aliphatic rings. The summed E-state index contributed by atoms with van der Waals surface area (Å²) in [6.45, 7) is 6.74. The van der Waals surface area contributed by atoms with Gasteiger partial charge >= 0.3 is 58.7 Å². The van der Waals surface area contributed by atoms with E-state index in [1.54, 1.807) is 25.6 Å². The van der Waals surface area contributed by atoms with Crippen molar-refractivity contribution in [3.05, 3.63) is 0 Å². The Bertz CT molecular complexity index is 66.6. The zero-order valence-electron chi connectivity index (χ0n) is 5.28. The summed E-state index contributed by atoms with van der Waals surface area (Å²) in [5.74, 6) is 0.859. The van der Waals surface area contributed by atoms with Gasteiger partial charge in [0.1, 0.15) is 0 Å². The van der Waals surface area contributed by atoms with E-state index in [1.165, 1.54) is 6.42 Å². The Balaban J connectivity index is 3.34. The van der Waals surface area contributed by atoms with Gasteiger partial charge in [-0.2, -0.15) is 0 Å². The summed E-state index contributed by atoms with van der Waals surface area (Å²) < 4.78 is 1.63. The third-order valence-electron chi connectivity index (χ3n) is 1.35. The first kappa shape index (κ1) is 7.67. The second-order valence-electron chi connectivity index (χ2n) is 1.99. The topological polar surface area (TPSA) is 0 Å². The van der Waals surface area contributed by atoms with Crippen LogP contribution in [0.2, 0.25) is 0 Å². The Kier molecular flexibility index (Phi) is 3.99. The predicted octanol–water partition coefficient (Wildman–Crippen LogP) is 1.39. The molecule has 0 fully saturated rings. The summed E-state index contributed by atoms with van der Waals surface area (Å²) in [7, 11) is 0. The van der Waals surface area contributed by atoms with Crippen molar-refractivity contribution < 1.29 is 0 Å². The van der Waals surface area contributed by atoms with E-state index in [0.29, 0.717) is 0 Å². The predicted molar refractivity (Wildman–Crippen MR) is 35.9 cm³/mol. The molecule has 0 spiro atoms. The summed E-state index contributed by atoms with van der Waals surface area (Å²) in [6, 6.07) is 0. The third-order valence-corrected chi connectivity index (χ3v) is 2.76. The van der Waals surface area contributed by atoms with E-state index >= 15 is 0 Å². The van der Waals surface area contributed by atoms with Crippen molar-refractivity contribution in [1.82, 2.24) is 0 Å². The van der Waals surface area contributed by atoms with Gasteiger partial charge in [0.2, 0.25) is 0 Å². The van der Waals surface area contributed by atoms with E-state index < -0.39 is 0 Å². The van der Waals surface area contributed by atoms with Crippen molar-refractivity contribution in [3.8, 4) is 0 Å². The fraction of sp³-hybridized carbons (Fsp3) is 0.833. The first-order chi connectivity index (χ1) is 3.18. The minimum absolute atomic E-state index is 0.859. The number of hydrogen-bond acceptors (Lipinski definition) is 0. The van der Waals surface area contributed by atoms with E-state index in [9.17, 15) is 0 Å². The van der Waals surface area contributed by atoms with Gasteiger partial charge in [0, 0.05) is 0 Å². The van der Waals surface area contributed by atoms with Crippen LogP contribution in [0.5, 0.6) is 0 Å². The molecule has 0 rings (SSSR count). The van der Waals surface area contributed by atoms with Crippen LogP contribution in [0.25, 0.3) is 0 Å². The summed E-state index contributed by atoms with van der Waals surface area (Å²) >= 11 is 1.60. The Hall–Kier alpha value is 0.669. The molecule has 0 aromatic carbocycles. The van der Waals surface area contributed by atoms with Crippen LogP contribution < -0.4 is 0 Å². The van der Waals surface area contributed by atoms with E-state index in [-0.39, 0.29) is 0 Å². The molecule has 40 valence electrons. The molecule has 2 radical (unpaired) electrons. The third kappa shape index (κ3) is 3.27. The van der Waals surface area contributed by atoms with E-state index in [2.05, 4.69) is 20.8 Å². The van der Waals surface area contributed by atoms with Crippen LogP contribution in [-0.2, 0) is 0 Å². The molecular formula is C6H12Sn. The van der Waals surface area contributed by atoms with Gasteiger partial charge in [-0.25, -0.2) is 0 Å². The molecule has 0 amide bonds. The van der Waals surface area contributed by atoms with Crippen molar-refractivity contribution in [2.75, 3.05) is 0 Å². The molecule has 0 nitrogen and oxygen atoms in total. The van der Waals surface area contributed by atoms with Crippen LogP contribution in [-0.4, -0.2) is 25.6 Å². The number of rotatable bonds is 2. The molecule has 0 aliphatic carbocycles. The maximum atomic E-state index is 2.28. The normalized spacial score (nSPS) is 13.6. The molecule has 1 heteroatoms. The fourth-order valence-corrected chi connectivity index (χ4v) is 0.889. The van der Waals surface area contributed by atoms with Crippen LogP contribution in [0.3, 0.4) is 0 Å². The Labute approximate surface area is 58.9 Å². The average Bonchev–Trinajstić information content (AvgIpc) is 1.65. The van der Waals surface area contributed by atoms with Crippen LogP contribution in [0.15, 0.2) is 0 Å². The monoisotopic (exact) mass is 204 g/mol. The SMILES string of the molecule is CCC(C)[C](C)=[Sn]. The second kappa shape index (κ2) is 3.64. The average molecular weight is 203 g/mol. The molecule has 0 saturated carbocycles. The van der Waals surface area contributed by atoms with Crippen LogP contribution in [0.4, 0.5) is 0 Å². The van der Waals surface area contributed by atoms with Gasteiger partial charge in [-0.3, -0.25) is 0 Å². The molecule has 0 aromatic rings. The zero-order chi connectivity index (χ0) is 5.86. The van der Waals surface area contributed by atoms with E-state index in [0.717, 1.165) is 5.92 Å². The number of hydrogen-bond donors (Lipinski definition) is 0. The molecule has 0 N–H and O–H groups in total. The van der Waals surface area contributed by atoms with E-state index in [4.69, 9.17) is 0 Å². The van der Waals surface area contributed by atoms with Crippen molar-refractivity contribution in [3.63, 3.8) is 0 Å². The first-order valence-electron chi connectivity index (χ1n) is 2.73. The summed E-state index contributed by atoms with van der Waals surface area (Å²) in [5, 5.41) is 0. The standard InChI is InChI=1S/C6H12.Sn/c1-4-6(3)5-2;/h6H,4H2,1-3H3;. The molecule has 7 heavy (non-hydrogen) atoms. The van der Waals surface area contributed by atoms with Gasteiger partial charge in [-0.15, -0.1) is 0 Å². The molecular weight excluding hydrogens is 191 g/mol. The molecule has 0 saturated heterocycles. The maximum absolute atomic E-state index is 2.28. The second-order valence-corrected chi connectivity index (χ2v) is 4.24. The van der Waals surface area contributed by atoms with Gasteiger partial charge in [0.05, 0.1) is 0 Å². The van der Waals surface area contributed by atoms with Gasteiger partial charge in [0.25, 0.3) is 0 Å². The van der Waals surface area contributed by atoms with Gasteiger partial charge in [0.15, 0.2) is 0 Å². The van der Waals surface area contributed by atoms with Crippen LogP contribution in [0.1, 0.15) is 27.2 Å². The van der Waals surface area contributed by atoms with Crippen molar-refractivity contribution >= 4 is 25.6 Å². The molecule has 1 atom stereocenters. The molecule has 0 bridgehead atoms. The summed E-state index contributed by atoms with van der Waals surface area (Å²) in [5.41, 5.74) is 0. The van der Waals surface area contributed by atoms with Crippen molar-refractivity contribution in [2.24, 2.45) is 5.92 Å². The Morgan fingerprint density at radius 1 is 1.71 bits per heavy atom.